The highest BCUT2D eigenvalue weighted by Crippen LogP contribution is 2.18. The Balaban J connectivity index is 1.66. The Morgan fingerprint density at radius 1 is 1.17 bits per heavy atom. The van der Waals surface area contributed by atoms with Crippen molar-refractivity contribution in [1.29, 1.82) is 0 Å². The smallest absolute Gasteiger partial charge is 0.0194 e. The Bertz CT molecular complexity index is 226. The van der Waals surface area contributed by atoms with Gasteiger partial charge in [-0.25, -0.2) is 0 Å². The van der Waals surface area contributed by atoms with Gasteiger partial charge in [0.15, 0.2) is 0 Å². The van der Waals surface area contributed by atoms with Gasteiger partial charge in [0.2, 0.25) is 0 Å². The van der Waals surface area contributed by atoms with Crippen LogP contribution in [0.4, 0.5) is 0 Å². The second-order valence-corrected chi connectivity index (χ2v) is 6.17. The van der Waals surface area contributed by atoms with Gasteiger partial charge in [-0.3, -0.25) is 4.90 Å². The van der Waals surface area contributed by atoms with Crippen LogP contribution < -0.4 is 5.32 Å². The van der Waals surface area contributed by atoms with Gasteiger partial charge in [0, 0.05) is 19.1 Å². The van der Waals surface area contributed by atoms with Gasteiger partial charge in [0.25, 0.3) is 0 Å². The van der Waals surface area contributed by atoms with Crippen LogP contribution in [0.15, 0.2) is 0 Å². The van der Waals surface area contributed by atoms with Crippen LogP contribution in [0.25, 0.3) is 0 Å². The summed E-state index contributed by atoms with van der Waals surface area (Å²) in [5.74, 6) is 0.888. The van der Waals surface area contributed by atoms with Gasteiger partial charge in [-0.05, 0) is 64.8 Å². The van der Waals surface area contributed by atoms with Crippen molar-refractivity contribution >= 4 is 0 Å². The number of hydrogen-bond acceptors (Lipinski definition) is 3. The van der Waals surface area contributed by atoms with Crippen molar-refractivity contribution in [2.24, 2.45) is 5.92 Å². The fraction of sp³-hybridized carbons (Fsp3) is 1.00. The molecule has 0 radical (unpaired) electrons. The number of piperidine rings is 1. The predicted molar refractivity (Wildman–Crippen MR) is 78.0 cm³/mol. The minimum absolute atomic E-state index is 0.753. The molecule has 0 amide bonds. The molecule has 106 valence electrons. The zero-order valence-corrected chi connectivity index (χ0v) is 12.3. The quantitative estimate of drug-likeness (QED) is 0.778. The minimum Gasteiger partial charge on any atom is -0.317 e. The maximum atomic E-state index is 3.49. The van der Waals surface area contributed by atoms with Crippen molar-refractivity contribution in [2.75, 3.05) is 45.8 Å². The number of nitrogens with zero attached hydrogens (tertiary/aromatic N) is 2. The van der Waals surface area contributed by atoms with Gasteiger partial charge >= 0.3 is 0 Å². The molecule has 0 aromatic carbocycles. The molecule has 2 atom stereocenters. The standard InChI is InChI=1S/C15H31N3/c1-3-16-11-15-7-10-17(13-15)12-14(2)18-8-5-4-6-9-18/h14-16H,3-13H2,1-2H3. The lowest BCUT2D eigenvalue weighted by molar-refractivity contribution is 0.137. The summed E-state index contributed by atoms with van der Waals surface area (Å²) in [6.07, 6.45) is 5.65. The highest BCUT2D eigenvalue weighted by Gasteiger charge is 2.25. The SMILES string of the molecule is CCNCC1CCN(CC(C)N2CCCCC2)C1. The normalized spacial score (nSPS) is 28.7. The summed E-state index contributed by atoms with van der Waals surface area (Å²) in [7, 11) is 0. The molecule has 3 heteroatoms. The summed E-state index contributed by atoms with van der Waals surface area (Å²) >= 11 is 0. The third-order valence-electron chi connectivity index (χ3n) is 4.59. The van der Waals surface area contributed by atoms with Gasteiger partial charge < -0.3 is 10.2 Å². The molecule has 2 heterocycles. The van der Waals surface area contributed by atoms with Crippen molar-refractivity contribution in [3.05, 3.63) is 0 Å². The van der Waals surface area contributed by atoms with Crippen LogP contribution in [0.1, 0.15) is 39.5 Å². The molecular weight excluding hydrogens is 222 g/mol. The average Bonchev–Trinajstić information content (AvgIpc) is 2.85. The third-order valence-corrected chi connectivity index (χ3v) is 4.59. The lowest BCUT2D eigenvalue weighted by Gasteiger charge is -2.34. The van der Waals surface area contributed by atoms with E-state index in [0.29, 0.717) is 0 Å². The summed E-state index contributed by atoms with van der Waals surface area (Å²) in [5, 5.41) is 3.49. The summed E-state index contributed by atoms with van der Waals surface area (Å²) in [6, 6.07) is 0.753. The lowest BCUT2D eigenvalue weighted by Crippen LogP contribution is -2.44. The molecule has 18 heavy (non-hydrogen) atoms. The topological polar surface area (TPSA) is 18.5 Å². The van der Waals surface area contributed by atoms with Gasteiger partial charge in [0.1, 0.15) is 0 Å². The van der Waals surface area contributed by atoms with Crippen LogP contribution in [0.3, 0.4) is 0 Å². The van der Waals surface area contributed by atoms with Crippen LogP contribution >= 0.6 is 0 Å². The maximum absolute atomic E-state index is 3.49. The Kier molecular flexibility index (Phi) is 5.93. The first kappa shape index (κ1) is 14.3. The van der Waals surface area contributed by atoms with E-state index in [0.717, 1.165) is 18.5 Å². The second kappa shape index (κ2) is 7.46. The van der Waals surface area contributed by atoms with Crippen LogP contribution in [0.2, 0.25) is 0 Å². The molecule has 3 nitrogen and oxygen atoms in total. The summed E-state index contributed by atoms with van der Waals surface area (Å²) in [4.78, 5) is 5.38. The van der Waals surface area contributed by atoms with Crippen molar-refractivity contribution in [2.45, 2.75) is 45.6 Å². The summed E-state index contributed by atoms with van der Waals surface area (Å²) < 4.78 is 0. The zero-order chi connectivity index (χ0) is 12.8. The Labute approximate surface area is 113 Å². The van der Waals surface area contributed by atoms with E-state index in [4.69, 9.17) is 0 Å². The molecule has 0 aliphatic carbocycles. The van der Waals surface area contributed by atoms with E-state index in [9.17, 15) is 0 Å². The van der Waals surface area contributed by atoms with Crippen LogP contribution in [-0.4, -0.2) is 61.7 Å². The van der Waals surface area contributed by atoms with E-state index in [1.54, 1.807) is 0 Å². The second-order valence-electron chi connectivity index (χ2n) is 6.17. The predicted octanol–water partition coefficient (Wildman–Crippen LogP) is 1.79. The van der Waals surface area contributed by atoms with E-state index in [1.165, 1.54) is 65.0 Å². The molecule has 0 spiro atoms. The monoisotopic (exact) mass is 253 g/mol. The molecule has 2 rings (SSSR count). The van der Waals surface area contributed by atoms with Crippen molar-refractivity contribution in [1.82, 2.24) is 15.1 Å². The first-order valence-corrected chi connectivity index (χ1v) is 7.96. The van der Waals surface area contributed by atoms with Crippen molar-refractivity contribution in [3.8, 4) is 0 Å². The number of hydrogen-bond donors (Lipinski definition) is 1. The Morgan fingerprint density at radius 3 is 2.67 bits per heavy atom. The summed E-state index contributed by atoms with van der Waals surface area (Å²) in [5.41, 5.74) is 0. The highest BCUT2D eigenvalue weighted by molar-refractivity contribution is 4.81. The molecule has 2 aliphatic rings. The fourth-order valence-electron chi connectivity index (χ4n) is 3.44. The van der Waals surface area contributed by atoms with Crippen LogP contribution in [-0.2, 0) is 0 Å². The first-order valence-electron chi connectivity index (χ1n) is 7.96. The first-order chi connectivity index (χ1) is 8.79. The van der Waals surface area contributed by atoms with Crippen LogP contribution in [0, 0.1) is 5.92 Å². The number of likely N-dealkylation sites (tertiary alicyclic amines) is 2. The Morgan fingerprint density at radius 2 is 1.94 bits per heavy atom. The van der Waals surface area contributed by atoms with Gasteiger partial charge in [-0.15, -0.1) is 0 Å². The molecule has 0 saturated carbocycles. The molecule has 2 fully saturated rings. The number of nitrogens with one attached hydrogen (secondary N) is 1. The molecule has 0 bridgehead atoms. The molecule has 2 unspecified atom stereocenters. The van der Waals surface area contributed by atoms with Gasteiger partial charge in [-0.1, -0.05) is 13.3 Å². The summed E-state index contributed by atoms with van der Waals surface area (Å²) in [6.45, 7) is 13.5. The molecule has 0 aromatic rings. The Hall–Kier alpha value is -0.120. The van der Waals surface area contributed by atoms with E-state index in [-0.39, 0.29) is 0 Å². The van der Waals surface area contributed by atoms with Gasteiger partial charge in [-0.2, -0.15) is 0 Å². The largest absolute Gasteiger partial charge is 0.317 e. The van der Waals surface area contributed by atoms with E-state index in [2.05, 4.69) is 29.0 Å². The molecule has 0 aromatic heterocycles. The maximum Gasteiger partial charge on any atom is 0.0194 e. The molecular formula is C15H31N3. The third kappa shape index (κ3) is 4.22. The molecule has 1 N–H and O–H groups in total. The minimum atomic E-state index is 0.753. The van der Waals surface area contributed by atoms with Crippen LogP contribution in [0.5, 0.6) is 0 Å². The zero-order valence-electron chi connectivity index (χ0n) is 12.3. The van der Waals surface area contributed by atoms with E-state index in [1.807, 2.05) is 0 Å². The molecule has 2 aliphatic heterocycles. The molecule has 2 saturated heterocycles. The van der Waals surface area contributed by atoms with Crippen molar-refractivity contribution < 1.29 is 0 Å². The van der Waals surface area contributed by atoms with Crippen molar-refractivity contribution in [3.63, 3.8) is 0 Å². The van der Waals surface area contributed by atoms with E-state index < -0.39 is 0 Å². The average molecular weight is 253 g/mol. The number of rotatable bonds is 6. The highest BCUT2D eigenvalue weighted by atomic mass is 15.2. The van der Waals surface area contributed by atoms with E-state index >= 15 is 0 Å². The fourth-order valence-corrected chi connectivity index (χ4v) is 3.44. The lowest BCUT2D eigenvalue weighted by atomic mass is 10.1. The van der Waals surface area contributed by atoms with Gasteiger partial charge in [0.05, 0.1) is 0 Å².